The lowest BCUT2D eigenvalue weighted by molar-refractivity contribution is -0.918. The second-order valence-corrected chi connectivity index (χ2v) is 6.35. The number of piperazine rings is 1. The number of para-hydroxylation sites is 1. The molecule has 1 aliphatic rings. The van der Waals surface area contributed by atoms with Gasteiger partial charge in [0.25, 0.3) is 0 Å². The van der Waals surface area contributed by atoms with E-state index in [1.54, 1.807) is 12.0 Å². The van der Waals surface area contributed by atoms with Crippen molar-refractivity contribution in [3.05, 3.63) is 65.2 Å². The van der Waals surface area contributed by atoms with E-state index in [0.29, 0.717) is 0 Å². The maximum absolute atomic E-state index is 5.36. The predicted molar refractivity (Wildman–Crippen MR) is 97.7 cm³/mol. The standard InChI is InChI=1S/C20H25N3O/c1-17-7-9-18(10-8-17)16-22-11-13-23(14-12-22)21-15-19-5-3-4-6-20(19)24-2/h3-10,15H,11-14,16H2,1-2H3/p+1/b21-15-. The summed E-state index contributed by atoms with van der Waals surface area (Å²) in [5.74, 6) is 0.866. The second kappa shape index (κ2) is 7.97. The van der Waals surface area contributed by atoms with Crippen LogP contribution in [0.15, 0.2) is 53.6 Å². The zero-order chi connectivity index (χ0) is 16.8. The highest BCUT2D eigenvalue weighted by atomic mass is 16.5. The molecule has 1 heterocycles. The SMILES string of the molecule is COc1ccccc1/C=N\N1CC[NH+](Cc2ccc(C)cc2)CC1. The van der Waals surface area contributed by atoms with Gasteiger partial charge in [-0.05, 0) is 19.1 Å². The van der Waals surface area contributed by atoms with Crippen molar-refractivity contribution in [2.75, 3.05) is 33.3 Å². The summed E-state index contributed by atoms with van der Waals surface area (Å²) < 4.78 is 5.36. The Morgan fingerprint density at radius 3 is 2.50 bits per heavy atom. The number of hydrogen-bond donors (Lipinski definition) is 1. The highest BCUT2D eigenvalue weighted by Gasteiger charge is 2.18. The molecular weight excluding hydrogens is 298 g/mol. The fourth-order valence-electron chi connectivity index (χ4n) is 3.01. The number of nitrogens with zero attached hydrogens (tertiary/aromatic N) is 2. The number of aryl methyl sites for hydroxylation is 1. The lowest BCUT2D eigenvalue weighted by atomic mass is 10.1. The Morgan fingerprint density at radius 2 is 1.79 bits per heavy atom. The van der Waals surface area contributed by atoms with Crippen LogP contribution in [0.1, 0.15) is 16.7 Å². The smallest absolute Gasteiger partial charge is 0.127 e. The highest BCUT2D eigenvalue weighted by molar-refractivity contribution is 5.83. The summed E-state index contributed by atoms with van der Waals surface area (Å²) in [7, 11) is 1.69. The maximum Gasteiger partial charge on any atom is 0.127 e. The monoisotopic (exact) mass is 324 g/mol. The molecule has 0 saturated carbocycles. The molecule has 4 heteroatoms. The molecular formula is C20H26N3O+. The van der Waals surface area contributed by atoms with Crippen molar-refractivity contribution in [1.82, 2.24) is 5.01 Å². The van der Waals surface area contributed by atoms with Crippen LogP contribution in [0.5, 0.6) is 5.75 Å². The molecule has 3 rings (SSSR count). The molecule has 4 nitrogen and oxygen atoms in total. The topological polar surface area (TPSA) is 29.3 Å². The van der Waals surface area contributed by atoms with Crippen LogP contribution in [-0.2, 0) is 6.54 Å². The number of benzene rings is 2. The van der Waals surface area contributed by atoms with E-state index >= 15 is 0 Å². The molecule has 1 aliphatic heterocycles. The van der Waals surface area contributed by atoms with Gasteiger partial charge in [-0.3, -0.25) is 5.01 Å². The summed E-state index contributed by atoms with van der Waals surface area (Å²) in [6, 6.07) is 16.9. The van der Waals surface area contributed by atoms with Gasteiger partial charge in [-0.25, -0.2) is 0 Å². The summed E-state index contributed by atoms with van der Waals surface area (Å²) in [5, 5.41) is 6.79. The van der Waals surface area contributed by atoms with Gasteiger partial charge in [0.05, 0.1) is 39.5 Å². The van der Waals surface area contributed by atoms with Crippen LogP contribution < -0.4 is 9.64 Å². The number of methoxy groups -OCH3 is 1. The summed E-state index contributed by atoms with van der Waals surface area (Å²) in [5.41, 5.74) is 3.76. The minimum absolute atomic E-state index is 0.866. The van der Waals surface area contributed by atoms with Crippen molar-refractivity contribution in [2.24, 2.45) is 5.10 Å². The first kappa shape index (κ1) is 16.5. The first-order valence-electron chi connectivity index (χ1n) is 8.55. The van der Waals surface area contributed by atoms with Crippen molar-refractivity contribution >= 4 is 6.21 Å². The predicted octanol–water partition coefficient (Wildman–Crippen LogP) is 1.74. The van der Waals surface area contributed by atoms with E-state index in [0.717, 1.165) is 44.0 Å². The van der Waals surface area contributed by atoms with Gasteiger partial charge in [0.15, 0.2) is 0 Å². The third-order valence-electron chi connectivity index (χ3n) is 4.52. The normalized spacial score (nSPS) is 15.8. The second-order valence-electron chi connectivity index (χ2n) is 6.35. The first-order valence-corrected chi connectivity index (χ1v) is 8.55. The van der Waals surface area contributed by atoms with Crippen molar-refractivity contribution in [3.63, 3.8) is 0 Å². The van der Waals surface area contributed by atoms with Crippen LogP contribution >= 0.6 is 0 Å². The Bertz CT molecular complexity index is 674. The van der Waals surface area contributed by atoms with Crippen LogP contribution in [-0.4, -0.2) is 44.5 Å². The molecule has 0 aromatic heterocycles. The fourth-order valence-corrected chi connectivity index (χ4v) is 3.01. The van der Waals surface area contributed by atoms with Crippen LogP contribution in [0.3, 0.4) is 0 Å². The molecule has 1 saturated heterocycles. The molecule has 24 heavy (non-hydrogen) atoms. The Labute approximate surface area is 144 Å². The quantitative estimate of drug-likeness (QED) is 0.849. The molecule has 1 fully saturated rings. The maximum atomic E-state index is 5.36. The molecule has 0 spiro atoms. The van der Waals surface area contributed by atoms with Crippen LogP contribution in [0.25, 0.3) is 0 Å². The van der Waals surface area contributed by atoms with Gasteiger partial charge in [0, 0.05) is 11.1 Å². The first-order chi connectivity index (χ1) is 11.7. The van der Waals surface area contributed by atoms with E-state index < -0.39 is 0 Å². The fraction of sp³-hybridized carbons (Fsp3) is 0.350. The van der Waals surface area contributed by atoms with E-state index in [2.05, 4.69) is 41.3 Å². The van der Waals surface area contributed by atoms with Gasteiger partial charge in [0.1, 0.15) is 12.3 Å². The Morgan fingerprint density at radius 1 is 1.08 bits per heavy atom. The molecule has 0 unspecified atom stereocenters. The summed E-state index contributed by atoms with van der Waals surface area (Å²) in [6.07, 6.45) is 1.91. The molecule has 1 N–H and O–H groups in total. The third kappa shape index (κ3) is 4.36. The average Bonchev–Trinajstić information content (AvgIpc) is 2.63. The Balaban J connectivity index is 1.51. The molecule has 0 atom stereocenters. The number of hydrazone groups is 1. The lowest BCUT2D eigenvalue weighted by Gasteiger charge is -2.30. The largest absolute Gasteiger partial charge is 0.496 e. The van der Waals surface area contributed by atoms with E-state index in [4.69, 9.17) is 4.74 Å². The zero-order valence-electron chi connectivity index (χ0n) is 14.5. The molecule has 0 radical (unpaired) electrons. The minimum Gasteiger partial charge on any atom is -0.496 e. The van der Waals surface area contributed by atoms with Gasteiger partial charge in [0.2, 0.25) is 0 Å². The van der Waals surface area contributed by atoms with E-state index in [-0.39, 0.29) is 0 Å². The summed E-state index contributed by atoms with van der Waals surface area (Å²) in [4.78, 5) is 1.63. The molecule has 2 aromatic rings. The number of hydrogen-bond acceptors (Lipinski definition) is 3. The molecule has 126 valence electrons. The van der Waals surface area contributed by atoms with Crippen LogP contribution in [0.2, 0.25) is 0 Å². The van der Waals surface area contributed by atoms with Gasteiger partial charge in [-0.15, -0.1) is 0 Å². The third-order valence-corrected chi connectivity index (χ3v) is 4.52. The lowest BCUT2D eigenvalue weighted by Crippen LogP contribution is -3.13. The van der Waals surface area contributed by atoms with Gasteiger partial charge < -0.3 is 9.64 Å². The minimum atomic E-state index is 0.866. The number of quaternary nitrogens is 1. The van der Waals surface area contributed by atoms with Crippen molar-refractivity contribution in [1.29, 1.82) is 0 Å². The van der Waals surface area contributed by atoms with Crippen molar-refractivity contribution in [2.45, 2.75) is 13.5 Å². The van der Waals surface area contributed by atoms with Crippen LogP contribution in [0, 0.1) is 6.92 Å². The summed E-state index contributed by atoms with van der Waals surface area (Å²) in [6.45, 7) is 7.47. The molecule has 0 aliphatic carbocycles. The van der Waals surface area contributed by atoms with Gasteiger partial charge in [-0.2, -0.15) is 5.10 Å². The van der Waals surface area contributed by atoms with Crippen molar-refractivity contribution in [3.8, 4) is 5.75 Å². The van der Waals surface area contributed by atoms with E-state index in [1.165, 1.54) is 11.1 Å². The van der Waals surface area contributed by atoms with E-state index in [9.17, 15) is 0 Å². The summed E-state index contributed by atoms with van der Waals surface area (Å²) >= 11 is 0. The van der Waals surface area contributed by atoms with Gasteiger partial charge >= 0.3 is 0 Å². The zero-order valence-corrected chi connectivity index (χ0v) is 14.5. The number of rotatable bonds is 5. The Kier molecular flexibility index (Phi) is 5.49. The van der Waals surface area contributed by atoms with Crippen LogP contribution in [0.4, 0.5) is 0 Å². The molecule has 0 amide bonds. The highest BCUT2D eigenvalue weighted by Crippen LogP contribution is 2.14. The molecule has 0 bridgehead atoms. The number of nitrogens with one attached hydrogen (secondary N) is 1. The van der Waals surface area contributed by atoms with E-state index in [1.807, 2.05) is 30.5 Å². The molecule has 2 aromatic carbocycles. The van der Waals surface area contributed by atoms with Gasteiger partial charge in [-0.1, -0.05) is 42.0 Å². The average molecular weight is 324 g/mol. The van der Waals surface area contributed by atoms with Crippen molar-refractivity contribution < 1.29 is 9.64 Å². The Hall–Kier alpha value is -2.33. The number of ether oxygens (including phenoxy) is 1.